The number of hydrogen-bond acceptors (Lipinski definition) is 2. The highest BCUT2D eigenvalue weighted by Crippen LogP contribution is 2.30. The normalized spacial score (nSPS) is 14.9. The van der Waals surface area contributed by atoms with E-state index in [2.05, 4.69) is 37.7 Å². The summed E-state index contributed by atoms with van der Waals surface area (Å²) >= 11 is 12.3. The first-order chi connectivity index (χ1) is 7.51. The van der Waals surface area contributed by atoms with Gasteiger partial charge in [-0.1, -0.05) is 50.9 Å². The predicted molar refractivity (Wildman–Crippen MR) is 69.5 cm³/mol. The van der Waals surface area contributed by atoms with E-state index < -0.39 is 0 Å². The molecule has 1 aromatic rings. The van der Waals surface area contributed by atoms with Gasteiger partial charge >= 0.3 is 0 Å². The maximum Gasteiger partial charge on any atom is 0.151 e. The van der Waals surface area contributed by atoms with Crippen LogP contribution in [0.25, 0.3) is 0 Å². The summed E-state index contributed by atoms with van der Waals surface area (Å²) in [6.45, 7) is 8.35. The number of aromatic nitrogens is 2. The van der Waals surface area contributed by atoms with Gasteiger partial charge in [0.15, 0.2) is 10.3 Å². The lowest BCUT2D eigenvalue weighted by molar-refractivity contribution is 0.673. The molecule has 0 aliphatic heterocycles. The zero-order valence-electron chi connectivity index (χ0n) is 10.2. The quantitative estimate of drug-likeness (QED) is 0.777. The Bertz CT molecular complexity index is 331. The van der Waals surface area contributed by atoms with Gasteiger partial charge in [-0.25, -0.2) is 9.97 Å². The van der Waals surface area contributed by atoms with E-state index in [0.717, 1.165) is 24.2 Å². The molecule has 0 amide bonds. The van der Waals surface area contributed by atoms with Gasteiger partial charge in [0.2, 0.25) is 0 Å². The molecule has 90 valence electrons. The van der Waals surface area contributed by atoms with E-state index >= 15 is 0 Å². The Labute approximate surface area is 107 Å². The van der Waals surface area contributed by atoms with Crippen molar-refractivity contribution in [2.75, 3.05) is 0 Å². The summed E-state index contributed by atoms with van der Waals surface area (Å²) < 4.78 is 0. The molecule has 0 aliphatic rings. The molecular weight excluding hydrogens is 243 g/mol. The van der Waals surface area contributed by atoms with Crippen LogP contribution in [0.3, 0.4) is 0 Å². The van der Waals surface area contributed by atoms with Crippen LogP contribution in [-0.2, 0) is 0 Å². The van der Waals surface area contributed by atoms with E-state index in [1.807, 2.05) is 0 Å². The molecule has 4 heteroatoms. The minimum absolute atomic E-state index is 0.295. The van der Waals surface area contributed by atoms with Crippen molar-refractivity contribution in [1.29, 1.82) is 0 Å². The van der Waals surface area contributed by atoms with Gasteiger partial charge in [-0.3, -0.25) is 0 Å². The van der Waals surface area contributed by atoms with E-state index in [4.69, 9.17) is 23.2 Å². The SMILES string of the molecule is CCC(C)c1nc(Cl)c(C(C)CC)nc1Cl. The molecule has 0 bridgehead atoms. The number of rotatable bonds is 4. The molecule has 0 aliphatic carbocycles. The monoisotopic (exact) mass is 260 g/mol. The molecule has 0 saturated carbocycles. The summed E-state index contributed by atoms with van der Waals surface area (Å²) in [6.07, 6.45) is 1.96. The minimum Gasteiger partial charge on any atom is -0.236 e. The van der Waals surface area contributed by atoms with Crippen LogP contribution < -0.4 is 0 Å². The standard InChI is InChI=1S/C12H18Cl2N2/c1-5-7(3)9-11(13)16-10(8(4)6-2)12(14)15-9/h7-8H,5-6H2,1-4H3. The van der Waals surface area contributed by atoms with Crippen LogP contribution in [0.4, 0.5) is 0 Å². The highest BCUT2D eigenvalue weighted by Gasteiger charge is 2.17. The predicted octanol–water partition coefficient (Wildman–Crippen LogP) is 4.81. The summed E-state index contributed by atoms with van der Waals surface area (Å²) in [7, 11) is 0. The first kappa shape index (κ1) is 13.7. The molecule has 0 radical (unpaired) electrons. The first-order valence-corrected chi connectivity index (χ1v) is 6.49. The lowest BCUT2D eigenvalue weighted by atomic mass is 10.0. The molecule has 0 spiro atoms. The summed E-state index contributed by atoms with van der Waals surface area (Å²) in [5, 5.41) is 0.989. The second-order valence-corrected chi connectivity index (χ2v) is 4.91. The Hall–Kier alpha value is -0.340. The number of nitrogens with zero attached hydrogens (tertiary/aromatic N) is 2. The highest BCUT2D eigenvalue weighted by atomic mass is 35.5. The van der Waals surface area contributed by atoms with Gasteiger partial charge in [-0.2, -0.15) is 0 Å². The maximum absolute atomic E-state index is 6.14. The third-order valence-electron chi connectivity index (χ3n) is 3.02. The Balaban J connectivity index is 3.16. The van der Waals surface area contributed by atoms with Crippen LogP contribution >= 0.6 is 23.2 Å². The van der Waals surface area contributed by atoms with Gasteiger partial charge in [-0.05, 0) is 12.8 Å². The lowest BCUT2D eigenvalue weighted by Crippen LogP contribution is -2.05. The molecule has 0 fully saturated rings. The van der Waals surface area contributed by atoms with Crippen LogP contribution in [0.2, 0.25) is 10.3 Å². The summed E-state index contributed by atoms with van der Waals surface area (Å²) in [4.78, 5) is 8.77. The molecule has 16 heavy (non-hydrogen) atoms. The topological polar surface area (TPSA) is 25.8 Å². The Kier molecular flexibility index (Phi) is 5.00. The van der Waals surface area contributed by atoms with E-state index in [-0.39, 0.29) is 0 Å². The van der Waals surface area contributed by atoms with Gasteiger partial charge < -0.3 is 0 Å². The third-order valence-corrected chi connectivity index (χ3v) is 3.57. The van der Waals surface area contributed by atoms with Gasteiger partial charge in [-0.15, -0.1) is 0 Å². The Morgan fingerprint density at radius 2 is 1.19 bits per heavy atom. The van der Waals surface area contributed by atoms with Gasteiger partial charge in [0.25, 0.3) is 0 Å². The number of hydrogen-bond donors (Lipinski definition) is 0. The molecule has 0 aromatic carbocycles. The van der Waals surface area contributed by atoms with Crippen LogP contribution in [0.5, 0.6) is 0 Å². The lowest BCUT2D eigenvalue weighted by Gasteiger charge is -2.14. The van der Waals surface area contributed by atoms with Crippen LogP contribution in [0.15, 0.2) is 0 Å². The fraction of sp³-hybridized carbons (Fsp3) is 0.667. The Morgan fingerprint density at radius 1 is 0.875 bits per heavy atom. The third kappa shape index (κ3) is 2.86. The molecule has 0 N–H and O–H groups in total. The van der Waals surface area contributed by atoms with E-state index in [1.54, 1.807) is 0 Å². The molecule has 1 rings (SSSR count). The van der Waals surface area contributed by atoms with Crippen molar-refractivity contribution in [1.82, 2.24) is 9.97 Å². The average Bonchev–Trinajstić information content (AvgIpc) is 2.29. The van der Waals surface area contributed by atoms with Crippen molar-refractivity contribution < 1.29 is 0 Å². The molecular formula is C12H18Cl2N2. The molecule has 2 unspecified atom stereocenters. The van der Waals surface area contributed by atoms with Gasteiger partial charge in [0.05, 0.1) is 11.4 Å². The highest BCUT2D eigenvalue weighted by molar-refractivity contribution is 6.32. The fourth-order valence-electron chi connectivity index (χ4n) is 1.43. The molecule has 0 saturated heterocycles. The van der Waals surface area contributed by atoms with Crippen LogP contribution in [0, 0.1) is 0 Å². The van der Waals surface area contributed by atoms with Gasteiger partial charge in [0.1, 0.15) is 0 Å². The summed E-state index contributed by atoms with van der Waals surface area (Å²) in [6, 6.07) is 0. The van der Waals surface area contributed by atoms with Crippen LogP contribution in [0.1, 0.15) is 63.8 Å². The van der Waals surface area contributed by atoms with Crippen molar-refractivity contribution in [2.24, 2.45) is 0 Å². The smallest absolute Gasteiger partial charge is 0.151 e. The van der Waals surface area contributed by atoms with E-state index in [1.165, 1.54) is 0 Å². The van der Waals surface area contributed by atoms with Crippen molar-refractivity contribution in [2.45, 2.75) is 52.4 Å². The number of halogens is 2. The van der Waals surface area contributed by atoms with Crippen molar-refractivity contribution in [3.63, 3.8) is 0 Å². The summed E-state index contributed by atoms with van der Waals surface area (Å²) in [5.74, 6) is 0.590. The molecule has 1 heterocycles. The first-order valence-electron chi connectivity index (χ1n) is 5.74. The van der Waals surface area contributed by atoms with E-state index in [9.17, 15) is 0 Å². The second kappa shape index (κ2) is 5.83. The van der Waals surface area contributed by atoms with Crippen LogP contribution in [-0.4, -0.2) is 9.97 Å². The zero-order chi connectivity index (χ0) is 12.3. The largest absolute Gasteiger partial charge is 0.236 e. The summed E-state index contributed by atoms with van der Waals surface area (Å²) in [5.41, 5.74) is 1.61. The molecule has 2 atom stereocenters. The van der Waals surface area contributed by atoms with Crippen molar-refractivity contribution >= 4 is 23.2 Å². The maximum atomic E-state index is 6.14. The van der Waals surface area contributed by atoms with Crippen molar-refractivity contribution in [3.8, 4) is 0 Å². The van der Waals surface area contributed by atoms with Crippen molar-refractivity contribution in [3.05, 3.63) is 21.7 Å². The van der Waals surface area contributed by atoms with Gasteiger partial charge in [0, 0.05) is 11.8 Å². The fourth-order valence-corrected chi connectivity index (χ4v) is 2.07. The minimum atomic E-state index is 0.295. The average molecular weight is 261 g/mol. The van der Waals surface area contributed by atoms with E-state index in [0.29, 0.717) is 22.1 Å². The second-order valence-electron chi connectivity index (χ2n) is 4.19. The zero-order valence-corrected chi connectivity index (χ0v) is 11.7. The molecule has 1 aromatic heterocycles. The Morgan fingerprint density at radius 3 is 1.44 bits per heavy atom. The molecule has 2 nitrogen and oxygen atoms in total.